The predicted octanol–water partition coefficient (Wildman–Crippen LogP) is 4.36. The van der Waals surface area contributed by atoms with E-state index in [2.05, 4.69) is 71.6 Å². The van der Waals surface area contributed by atoms with Crippen molar-refractivity contribution < 1.29 is 0 Å². The van der Waals surface area contributed by atoms with Gasteiger partial charge in [0.05, 0.1) is 0 Å². The molecule has 3 rings (SSSR count). The summed E-state index contributed by atoms with van der Waals surface area (Å²) in [5.41, 5.74) is 2.66. The molecule has 1 unspecified atom stereocenters. The van der Waals surface area contributed by atoms with Gasteiger partial charge in [0.15, 0.2) is 0 Å². The van der Waals surface area contributed by atoms with Crippen molar-refractivity contribution in [2.45, 2.75) is 26.4 Å². The fourth-order valence-corrected chi connectivity index (χ4v) is 3.44. The van der Waals surface area contributed by atoms with Crippen LogP contribution in [0.4, 0.5) is 0 Å². The minimum absolute atomic E-state index is 0.428. The average molecular weight is 284 g/mol. The molecule has 104 valence electrons. The molecule has 20 heavy (non-hydrogen) atoms. The number of thiophene rings is 1. The molecule has 0 aliphatic rings. The van der Waals surface area contributed by atoms with E-state index < -0.39 is 0 Å². The Morgan fingerprint density at radius 3 is 2.85 bits per heavy atom. The van der Waals surface area contributed by atoms with Gasteiger partial charge in [-0.2, -0.15) is 0 Å². The molecule has 1 atom stereocenters. The molecule has 0 bridgehead atoms. The third-order valence-corrected chi connectivity index (χ3v) is 4.83. The van der Waals surface area contributed by atoms with Gasteiger partial charge in [-0.15, -0.1) is 11.3 Å². The second-order valence-corrected chi connectivity index (χ2v) is 6.17. The molecule has 1 N–H and O–H groups in total. The van der Waals surface area contributed by atoms with Crippen molar-refractivity contribution in [2.75, 3.05) is 6.54 Å². The van der Waals surface area contributed by atoms with Gasteiger partial charge in [0.25, 0.3) is 0 Å². The summed E-state index contributed by atoms with van der Waals surface area (Å²) in [6.07, 6.45) is 0. The summed E-state index contributed by atoms with van der Waals surface area (Å²) >= 11 is 1.82. The lowest BCUT2D eigenvalue weighted by atomic mass is 10.2. The Labute approximate surface area is 124 Å². The van der Waals surface area contributed by atoms with Crippen molar-refractivity contribution in [2.24, 2.45) is 0 Å². The molecule has 2 heterocycles. The first-order valence-electron chi connectivity index (χ1n) is 7.07. The van der Waals surface area contributed by atoms with E-state index in [1.54, 1.807) is 0 Å². The van der Waals surface area contributed by atoms with Gasteiger partial charge in [0, 0.05) is 35.2 Å². The predicted molar refractivity (Wildman–Crippen MR) is 87.4 cm³/mol. The molecule has 1 aromatic carbocycles. The summed E-state index contributed by atoms with van der Waals surface area (Å²) in [4.78, 5) is 1.40. The van der Waals surface area contributed by atoms with Crippen LogP contribution in [0, 0.1) is 6.92 Å². The van der Waals surface area contributed by atoms with Crippen LogP contribution in [0.25, 0.3) is 10.9 Å². The number of nitrogens with zero attached hydrogens (tertiary/aromatic N) is 1. The van der Waals surface area contributed by atoms with Gasteiger partial charge >= 0.3 is 0 Å². The molecule has 2 nitrogen and oxygen atoms in total. The van der Waals surface area contributed by atoms with Crippen molar-refractivity contribution in [3.05, 3.63) is 58.4 Å². The topological polar surface area (TPSA) is 17.0 Å². The summed E-state index contributed by atoms with van der Waals surface area (Å²) in [5, 5.41) is 7.07. The normalized spacial score (nSPS) is 12.9. The van der Waals surface area contributed by atoms with Crippen molar-refractivity contribution in [1.82, 2.24) is 9.88 Å². The molecule has 0 saturated carbocycles. The summed E-state index contributed by atoms with van der Waals surface area (Å²) in [5.74, 6) is 0. The molecule has 0 saturated heterocycles. The summed E-state index contributed by atoms with van der Waals surface area (Å²) in [6.45, 7) is 6.41. The van der Waals surface area contributed by atoms with Gasteiger partial charge < -0.3 is 9.88 Å². The van der Waals surface area contributed by atoms with Crippen LogP contribution in [0.2, 0.25) is 0 Å². The first-order chi connectivity index (χ1) is 9.75. The molecule has 0 radical (unpaired) electrons. The Morgan fingerprint density at radius 2 is 2.05 bits per heavy atom. The van der Waals surface area contributed by atoms with E-state index >= 15 is 0 Å². The lowest BCUT2D eigenvalue weighted by Crippen LogP contribution is -2.23. The number of hydrogen-bond donors (Lipinski definition) is 1. The number of nitrogens with one attached hydrogen (secondary N) is 1. The number of rotatable bonds is 5. The monoisotopic (exact) mass is 284 g/mol. The van der Waals surface area contributed by atoms with Gasteiger partial charge in [-0.05, 0) is 42.8 Å². The molecule has 2 aromatic heterocycles. The van der Waals surface area contributed by atoms with Crippen LogP contribution in [0.1, 0.15) is 23.5 Å². The SMILES string of the molecule is Cc1cc2ccccc2n1CCNC(C)c1cccs1. The maximum atomic E-state index is 3.60. The van der Waals surface area contributed by atoms with Crippen LogP contribution in [-0.4, -0.2) is 11.1 Å². The molecule has 0 aliphatic carbocycles. The van der Waals surface area contributed by atoms with Crippen LogP contribution < -0.4 is 5.32 Å². The van der Waals surface area contributed by atoms with Gasteiger partial charge in [0.2, 0.25) is 0 Å². The molecule has 3 heteroatoms. The highest BCUT2D eigenvalue weighted by molar-refractivity contribution is 7.10. The van der Waals surface area contributed by atoms with E-state index in [0.29, 0.717) is 6.04 Å². The van der Waals surface area contributed by atoms with Crippen molar-refractivity contribution >= 4 is 22.2 Å². The Morgan fingerprint density at radius 1 is 1.20 bits per heavy atom. The summed E-state index contributed by atoms with van der Waals surface area (Å²) in [7, 11) is 0. The van der Waals surface area contributed by atoms with E-state index in [9.17, 15) is 0 Å². The van der Waals surface area contributed by atoms with Gasteiger partial charge in [0.1, 0.15) is 0 Å². The second-order valence-electron chi connectivity index (χ2n) is 5.19. The zero-order chi connectivity index (χ0) is 13.9. The van der Waals surface area contributed by atoms with E-state index in [1.807, 2.05) is 11.3 Å². The Kier molecular flexibility index (Phi) is 3.90. The third-order valence-electron chi connectivity index (χ3n) is 3.77. The van der Waals surface area contributed by atoms with Gasteiger partial charge in [-0.1, -0.05) is 24.3 Å². The van der Waals surface area contributed by atoms with Crippen LogP contribution in [-0.2, 0) is 6.54 Å². The van der Waals surface area contributed by atoms with Crippen molar-refractivity contribution in [3.8, 4) is 0 Å². The second kappa shape index (κ2) is 5.81. The third kappa shape index (κ3) is 2.65. The minimum Gasteiger partial charge on any atom is -0.344 e. The van der Waals surface area contributed by atoms with Gasteiger partial charge in [-0.3, -0.25) is 0 Å². The zero-order valence-electron chi connectivity index (χ0n) is 12.0. The minimum atomic E-state index is 0.428. The molecule has 3 aromatic rings. The molecular weight excluding hydrogens is 264 g/mol. The fourth-order valence-electron chi connectivity index (χ4n) is 2.68. The summed E-state index contributed by atoms with van der Waals surface area (Å²) < 4.78 is 2.39. The molecule has 0 amide bonds. The van der Waals surface area contributed by atoms with Crippen molar-refractivity contribution in [3.63, 3.8) is 0 Å². The van der Waals surface area contributed by atoms with Crippen LogP contribution >= 0.6 is 11.3 Å². The average Bonchev–Trinajstić information content (AvgIpc) is 3.07. The highest BCUT2D eigenvalue weighted by Gasteiger charge is 2.07. The first-order valence-corrected chi connectivity index (χ1v) is 7.95. The Balaban J connectivity index is 1.67. The fraction of sp³-hybridized carbons (Fsp3) is 0.294. The lowest BCUT2D eigenvalue weighted by Gasteiger charge is -2.14. The largest absolute Gasteiger partial charge is 0.344 e. The van der Waals surface area contributed by atoms with Crippen molar-refractivity contribution in [1.29, 1.82) is 0 Å². The number of aryl methyl sites for hydroxylation is 1. The molecule has 0 aliphatic heterocycles. The smallest absolute Gasteiger partial charge is 0.0482 e. The van der Waals surface area contributed by atoms with E-state index in [0.717, 1.165) is 13.1 Å². The van der Waals surface area contributed by atoms with E-state index in [1.165, 1.54) is 21.5 Å². The highest BCUT2D eigenvalue weighted by atomic mass is 32.1. The Bertz CT molecular complexity index is 682. The van der Waals surface area contributed by atoms with E-state index in [-0.39, 0.29) is 0 Å². The first kappa shape index (κ1) is 13.4. The maximum absolute atomic E-state index is 3.60. The number of benzene rings is 1. The molecule has 0 fully saturated rings. The highest BCUT2D eigenvalue weighted by Crippen LogP contribution is 2.20. The molecule has 0 spiro atoms. The standard InChI is InChI=1S/C17H20N2S/c1-13-12-15-6-3-4-7-16(15)19(13)10-9-18-14(2)17-8-5-11-20-17/h3-8,11-12,14,18H,9-10H2,1-2H3. The number of para-hydroxylation sites is 1. The number of hydrogen-bond acceptors (Lipinski definition) is 2. The van der Waals surface area contributed by atoms with Gasteiger partial charge in [-0.25, -0.2) is 0 Å². The lowest BCUT2D eigenvalue weighted by molar-refractivity contribution is 0.539. The van der Waals surface area contributed by atoms with Crippen LogP contribution in [0.3, 0.4) is 0 Å². The quantitative estimate of drug-likeness (QED) is 0.736. The molecular formula is C17H20N2S. The number of aromatic nitrogens is 1. The van der Waals surface area contributed by atoms with Crippen LogP contribution in [0.15, 0.2) is 47.8 Å². The zero-order valence-corrected chi connectivity index (χ0v) is 12.8. The summed E-state index contributed by atoms with van der Waals surface area (Å²) in [6, 6.07) is 15.6. The number of fused-ring (bicyclic) bond motifs is 1. The maximum Gasteiger partial charge on any atom is 0.0482 e. The van der Waals surface area contributed by atoms with Crippen LogP contribution in [0.5, 0.6) is 0 Å². The van der Waals surface area contributed by atoms with E-state index in [4.69, 9.17) is 0 Å². The Hall–Kier alpha value is -1.58.